The third kappa shape index (κ3) is 4.17. The van der Waals surface area contributed by atoms with E-state index in [1.807, 2.05) is 18.7 Å². The molecule has 2 fully saturated rings. The van der Waals surface area contributed by atoms with Crippen molar-refractivity contribution in [1.29, 1.82) is 0 Å². The fourth-order valence-corrected chi connectivity index (χ4v) is 4.04. The van der Waals surface area contributed by atoms with Crippen LogP contribution in [0.15, 0.2) is 12.7 Å². The van der Waals surface area contributed by atoms with Gasteiger partial charge in [-0.2, -0.15) is 0 Å². The number of amides is 4. The molecule has 2 aliphatic rings. The topological polar surface area (TPSA) is 99.0 Å². The average Bonchev–Trinajstić information content (AvgIpc) is 2.60. The van der Waals surface area contributed by atoms with Crippen LogP contribution in [0.5, 0.6) is 0 Å². The Morgan fingerprint density at radius 1 is 1.19 bits per heavy atom. The second-order valence-electron chi connectivity index (χ2n) is 7.64. The number of hydrogen-bond donors (Lipinski definition) is 2. The fraction of sp³-hybridized carbons (Fsp3) is 0.722. The van der Waals surface area contributed by atoms with Crippen LogP contribution in [0.4, 0.5) is 4.79 Å². The predicted octanol–water partition coefficient (Wildman–Crippen LogP) is 0.000500. The average molecular weight is 365 g/mol. The van der Waals surface area contributed by atoms with Crippen LogP contribution < -0.4 is 11.1 Å². The molecule has 146 valence electrons. The van der Waals surface area contributed by atoms with E-state index < -0.39 is 11.9 Å². The van der Waals surface area contributed by atoms with Crippen molar-refractivity contribution in [1.82, 2.24) is 20.0 Å². The summed E-state index contributed by atoms with van der Waals surface area (Å²) in [6, 6.07) is -0.793. The molecule has 26 heavy (non-hydrogen) atoms. The quantitative estimate of drug-likeness (QED) is 0.685. The summed E-state index contributed by atoms with van der Waals surface area (Å²) in [7, 11) is 1.63. The standard InChI is InChI=1S/C18H31N5O3/c1-5-14(24)23-11-8-20-18(12-23)6-9-22(10-7-18)17(26)21(4)15(13(2)3)16(19)25/h5,13,15,20H,1,6-12H2,2-4H3,(H2,19,25)/t15-/m0/s1. The molecule has 0 aliphatic carbocycles. The Bertz CT molecular complexity index is 569. The van der Waals surface area contributed by atoms with E-state index in [2.05, 4.69) is 11.9 Å². The molecule has 1 atom stereocenters. The number of urea groups is 1. The van der Waals surface area contributed by atoms with Gasteiger partial charge in [-0.25, -0.2) is 4.79 Å². The third-order valence-electron chi connectivity index (χ3n) is 5.49. The van der Waals surface area contributed by atoms with E-state index in [0.29, 0.717) is 26.2 Å². The molecule has 2 saturated heterocycles. The van der Waals surface area contributed by atoms with Crippen LogP contribution in [0, 0.1) is 5.92 Å². The highest BCUT2D eigenvalue weighted by atomic mass is 16.2. The van der Waals surface area contributed by atoms with Crippen LogP contribution in [0.1, 0.15) is 26.7 Å². The minimum atomic E-state index is -0.619. The normalized spacial score (nSPS) is 20.8. The predicted molar refractivity (Wildman–Crippen MR) is 99.3 cm³/mol. The maximum atomic E-state index is 12.8. The molecular weight excluding hydrogens is 334 g/mol. The molecule has 0 bridgehead atoms. The van der Waals surface area contributed by atoms with Crippen molar-refractivity contribution in [3.05, 3.63) is 12.7 Å². The number of rotatable bonds is 4. The van der Waals surface area contributed by atoms with Gasteiger partial charge in [0, 0.05) is 45.3 Å². The van der Waals surface area contributed by atoms with Crippen LogP contribution in [-0.4, -0.2) is 83.9 Å². The molecule has 3 N–H and O–H groups in total. The first-order valence-electron chi connectivity index (χ1n) is 9.18. The molecule has 0 aromatic heterocycles. The lowest BCUT2D eigenvalue weighted by Gasteiger charge is -2.48. The Labute approximate surface area is 155 Å². The number of primary amides is 1. The zero-order chi connectivity index (χ0) is 19.5. The highest BCUT2D eigenvalue weighted by Gasteiger charge is 2.41. The number of nitrogens with one attached hydrogen (secondary N) is 1. The summed E-state index contributed by atoms with van der Waals surface area (Å²) in [4.78, 5) is 41.4. The van der Waals surface area contributed by atoms with Gasteiger partial charge in [0.15, 0.2) is 0 Å². The Hall–Kier alpha value is -2.09. The molecule has 0 unspecified atom stereocenters. The number of piperazine rings is 1. The van der Waals surface area contributed by atoms with E-state index >= 15 is 0 Å². The Kier molecular flexibility index (Phi) is 6.28. The highest BCUT2D eigenvalue weighted by molar-refractivity contribution is 5.87. The van der Waals surface area contributed by atoms with Crippen LogP contribution in [0.2, 0.25) is 0 Å². The number of hydrogen-bond acceptors (Lipinski definition) is 4. The molecule has 0 radical (unpaired) electrons. The second-order valence-corrected chi connectivity index (χ2v) is 7.64. The summed E-state index contributed by atoms with van der Waals surface area (Å²) in [6.07, 6.45) is 2.87. The first-order valence-corrected chi connectivity index (χ1v) is 9.18. The lowest BCUT2D eigenvalue weighted by molar-refractivity contribution is -0.128. The van der Waals surface area contributed by atoms with Gasteiger partial charge in [0.25, 0.3) is 0 Å². The van der Waals surface area contributed by atoms with Gasteiger partial charge in [0.05, 0.1) is 0 Å². The Balaban J connectivity index is 1.99. The van der Waals surface area contributed by atoms with Crippen LogP contribution >= 0.6 is 0 Å². The maximum Gasteiger partial charge on any atom is 0.320 e. The number of nitrogens with two attached hydrogens (primary N) is 1. The van der Waals surface area contributed by atoms with Crippen LogP contribution in [0.25, 0.3) is 0 Å². The van der Waals surface area contributed by atoms with Gasteiger partial charge in [0.1, 0.15) is 6.04 Å². The van der Waals surface area contributed by atoms with Gasteiger partial charge in [-0.05, 0) is 24.8 Å². The molecule has 2 aliphatic heterocycles. The van der Waals surface area contributed by atoms with E-state index in [9.17, 15) is 14.4 Å². The SMILES string of the molecule is C=CC(=O)N1CCNC2(CCN(C(=O)N(C)[C@H](C(N)=O)C(C)C)CC2)C1. The second kappa shape index (κ2) is 8.07. The zero-order valence-corrected chi connectivity index (χ0v) is 16.0. The van der Waals surface area contributed by atoms with Crippen LogP contribution in [0.3, 0.4) is 0 Å². The summed E-state index contributed by atoms with van der Waals surface area (Å²) in [5.74, 6) is -0.585. The number of likely N-dealkylation sites (tertiary alicyclic amines) is 1. The molecule has 0 aromatic rings. The molecule has 0 saturated carbocycles. The van der Waals surface area contributed by atoms with Crippen molar-refractivity contribution in [3.63, 3.8) is 0 Å². The lowest BCUT2D eigenvalue weighted by atomic mass is 9.85. The molecular formula is C18H31N5O3. The molecule has 0 aromatic carbocycles. The summed E-state index contributed by atoms with van der Waals surface area (Å²) in [6.45, 7) is 10.5. The summed E-state index contributed by atoms with van der Waals surface area (Å²) < 4.78 is 0. The third-order valence-corrected chi connectivity index (χ3v) is 5.49. The number of carbonyl (C=O) groups excluding carboxylic acids is 3. The van der Waals surface area contributed by atoms with Gasteiger partial charge in [-0.1, -0.05) is 20.4 Å². The number of nitrogens with zero attached hydrogens (tertiary/aromatic N) is 3. The smallest absolute Gasteiger partial charge is 0.320 e. The fourth-order valence-electron chi connectivity index (χ4n) is 4.04. The van der Waals surface area contributed by atoms with Gasteiger partial charge < -0.3 is 25.8 Å². The van der Waals surface area contributed by atoms with Crippen molar-refractivity contribution in [2.75, 3.05) is 39.8 Å². The van der Waals surface area contributed by atoms with Crippen molar-refractivity contribution in [2.45, 2.75) is 38.3 Å². The molecule has 2 heterocycles. The molecule has 2 rings (SSSR count). The van der Waals surface area contributed by atoms with Crippen molar-refractivity contribution in [3.8, 4) is 0 Å². The Morgan fingerprint density at radius 2 is 1.81 bits per heavy atom. The van der Waals surface area contributed by atoms with Crippen molar-refractivity contribution >= 4 is 17.8 Å². The number of piperidine rings is 1. The number of carbonyl (C=O) groups is 3. The zero-order valence-electron chi connectivity index (χ0n) is 16.0. The summed E-state index contributed by atoms with van der Waals surface area (Å²) in [5, 5.41) is 3.54. The first-order chi connectivity index (χ1) is 12.2. The minimum Gasteiger partial charge on any atom is -0.368 e. The van der Waals surface area contributed by atoms with E-state index in [0.717, 1.165) is 19.4 Å². The van der Waals surface area contributed by atoms with Gasteiger partial charge in [0.2, 0.25) is 11.8 Å². The summed E-state index contributed by atoms with van der Waals surface area (Å²) >= 11 is 0. The molecule has 4 amide bonds. The van der Waals surface area contributed by atoms with Crippen molar-refractivity contribution in [2.24, 2.45) is 11.7 Å². The lowest BCUT2D eigenvalue weighted by Crippen LogP contribution is -2.66. The highest BCUT2D eigenvalue weighted by Crippen LogP contribution is 2.27. The van der Waals surface area contributed by atoms with Gasteiger partial charge >= 0.3 is 6.03 Å². The van der Waals surface area contributed by atoms with E-state index in [1.54, 1.807) is 11.9 Å². The summed E-state index contributed by atoms with van der Waals surface area (Å²) in [5.41, 5.74) is 5.31. The Morgan fingerprint density at radius 3 is 2.31 bits per heavy atom. The molecule has 8 nitrogen and oxygen atoms in total. The first kappa shape index (κ1) is 20.2. The van der Waals surface area contributed by atoms with Crippen LogP contribution in [-0.2, 0) is 9.59 Å². The van der Waals surface area contributed by atoms with Gasteiger partial charge in [-0.3, -0.25) is 9.59 Å². The largest absolute Gasteiger partial charge is 0.368 e. The maximum absolute atomic E-state index is 12.8. The minimum absolute atomic E-state index is 0.0453. The monoisotopic (exact) mass is 365 g/mol. The van der Waals surface area contributed by atoms with Crippen molar-refractivity contribution < 1.29 is 14.4 Å². The molecule has 8 heteroatoms. The van der Waals surface area contributed by atoms with E-state index in [-0.39, 0.29) is 23.4 Å². The van der Waals surface area contributed by atoms with E-state index in [4.69, 9.17) is 5.73 Å². The number of likely N-dealkylation sites (N-methyl/N-ethyl adjacent to an activating group) is 1. The van der Waals surface area contributed by atoms with Gasteiger partial charge in [-0.15, -0.1) is 0 Å². The van der Waals surface area contributed by atoms with E-state index in [1.165, 1.54) is 11.0 Å². The molecule has 1 spiro atoms.